The van der Waals surface area contributed by atoms with Gasteiger partial charge in [0.05, 0.1) is 25.8 Å². The van der Waals surface area contributed by atoms with E-state index >= 15 is 0 Å². The van der Waals surface area contributed by atoms with Crippen molar-refractivity contribution in [2.45, 2.75) is 25.7 Å². The number of carbonyl (C=O) groups is 1. The molecule has 0 aliphatic carbocycles. The van der Waals surface area contributed by atoms with Crippen LogP contribution in [0.25, 0.3) is 0 Å². The predicted molar refractivity (Wildman–Crippen MR) is 114 cm³/mol. The maximum atomic E-state index is 12.7. The van der Waals surface area contributed by atoms with E-state index in [1.165, 1.54) is 6.07 Å². The zero-order chi connectivity index (χ0) is 23.3. The minimum absolute atomic E-state index is 0.0964. The summed E-state index contributed by atoms with van der Waals surface area (Å²) in [6.45, 7) is 4.56. The second kappa shape index (κ2) is 10.1. The average Bonchev–Trinajstić information content (AvgIpc) is 2.81. The quantitative estimate of drug-likeness (QED) is 0.697. The number of pyridine rings is 1. The van der Waals surface area contributed by atoms with Crippen LogP contribution in [0.4, 0.5) is 19.0 Å². The van der Waals surface area contributed by atoms with Crippen LogP contribution in [0.5, 0.6) is 11.5 Å². The van der Waals surface area contributed by atoms with Crippen LogP contribution >= 0.6 is 0 Å². The molecule has 32 heavy (non-hydrogen) atoms. The highest BCUT2D eigenvalue weighted by Crippen LogP contribution is 2.30. The molecule has 1 aromatic carbocycles. The van der Waals surface area contributed by atoms with E-state index in [4.69, 9.17) is 9.47 Å². The molecule has 0 saturated carbocycles. The number of alkyl halides is 3. The van der Waals surface area contributed by atoms with Gasteiger partial charge in [-0.15, -0.1) is 0 Å². The van der Waals surface area contributed by atoms with Crippen molar-refractivity contribution in [1.82, 2.24) is 15.2 Å². The second-order valence-electron chi connectivity index (χ2n) is 7.51. The van der Waals surface area contributed by atoms with E-state index in [0.717, 1.165) is 17.8 Å². The van der Waals surface area contributed by atoms with Crippen LogP contribution in [-0.4, -0.2) is 62.2 Å². The predicted octanol–water partition coefficient (Wildman–Crippen LogP) is 2.94. The number of nitrogens with zero attached hydrogens (tertiary/aromatic N) is 3. The lowest BCUT2D eigenvalue weighted by molar-refractivity contribution is -0.137. The molecule has 174 valence electrons. The molecule has 1 aromatic heterocycles. The molecule has 7 nitrogen and oxygen atoms in total. The van der Waals surface area contributed by atoms with E-state index in [-0.39, 0.29) is 11.9 Å². The van der Waals surface area contributed by atoms with Crippen molar-refractivity contribution in [3.63, 3.8) is 0 Å². The van der Waals surface area contributed by atoms with Crippen LogP contribution in [-0.2, 0) is 17.5 Å². The summed E-state index contributed by atoms with van der Waals surface area (Å²) in [5, 5.41) is 2.94. The number of methoxy groups -OCH3 is 2. The molecule has 1 fully saturated rings. The van der Waals surface area contributed by atoms with E-state index < -0.39 is 11.7 Å². The number of piperazine rings is 1. The fourth-order valence-corrected chi connectivity index (χ4v) is 3.57. The van der Waals surface area contributed by atoms with Gasteiger partial charge in [-0.1, -0.05) is 6.07 Å². The van der Waals surface area contributed by atoms with Crippen LogP contribution in [0.2, 0.25) is 0 Å². The van der Waals surface area contributed by atoms with Crippen LogP contribution in [0.3, 0.4) is 0 Å². The number of hydrogen-bond acceptors (Lipinski definition) is 6. The van der Waals surface area contributed by atoms with Gasteiger partial charge >= 0.3 is 6.18 Å². The lowest BCUT2D eigenvalue weighted by atomic mass is 10.1. The average molecular weight is 452 g/mol. The highest BCUT2D eigenvalue weighted by molar-refractivity contribution is 5.81. The number of hydrogen-bond donors (Lipinski definition) is 1. The Morgan fingerprint density at radius 3 is 2.34 bits per heavy atom. The van der Waals surface area contributed by atoms with Gasteiger partial charge in [-0.2, -0.15) is 13.2 Å². The third-order valence-corrected chi connectivity index (χ3v) is 5.56. The van der Waals surface area contributed by atoms with Gasteiger partial charge < -0.3 is 19.7 Å². The monoisotopic (exact) mass is 452 g/mol. The SMILES string of the molecule is COc1ccc(CNC(=O)C(C)N2CCN(c3ccc(C(F)(F)F)cn3)CC2)cc1OC. The van der Waals surface area contributed by atoms with Gasteiger partial charge in [-0.05, 0) is 36.8 Å². The molecule has 1 amide bonds. The van der Waals surface area contributed by atoms with E-state index in [9.17, 15) is 18.0 Å². The van der Waals surface area contributed by atoms with Crippen molar-refractivity contribution in [3.8, 4) is 11.5 Å². The molecule has 1 unspecified atom stereocenters. The number of halogens is 3. The van der Waals surface area contributed by atoms with Crippen LogP contribution in [0, 0.1) is 0 Å². The first-order valence-corrected chi connectivity index (χ1v) is 10.2. The summed E-state index contributed by atoms with van der Waals surface area (Å²) in [7, 11) is 3.12. The normalized spacial score (nSPS) is 15.9. The number of benzene rings is 1. The topological polar surface area (TPSA) is 66.9 Å². The Bertz CT molecular complexity index is 914. The Morgan fingerprint density at radius 2 is 1.78 bits per heavy atom. The first-order chi connectivity index (χ1) is 15.2. The van der Waals surface area contributed by atoms with Crippen molar-refractivity contribution in [2.75, 3.05) is 45.3 Å². The molecule has 2 heterocycles. The summed E-state index contributed by atoms with van der Waals surface area (Å²) in [6.07, 6.45) is -3.55. The molecule has 1 atom stereocenters. The lowest BCUT2D eigenvalue weighted by Gasteiger charge is -2.38. The second-order valence-corrected chi connectivity index (χ2v) is 7.51. The van der Waals surface area contributed by atoms with Crippen molar-refractivity contribution in [1.29, 1.82) is 0 Å². The summed E-state index contributed by atoms with van der Waals surface area (Å²) >= 11 is 0. The molecule has 0 bridgehead atoms. The number of aromatic nitrogens is 1. The maximum Gasteiger partial charge on any atom is 0.417 e. The van der Waals surface area contributed by atoms with E-state index in [0.29, 0.717) is 50.0 Å². The minimum atomic E-state index is -4.40. The third-order valence-electron chi connectivity index (χ3n) is 5.56. The molecule has 1 aliphatic heterocycles. The Kier molecular flexibility index (Phi) is 7.44. The molecular formula is C22H27F3N4O3. The van der Waals surface area contributed by atoms with Crippen LogP contribution in [0.1, 0.15) is 18.1 Å². The van der Waals surface area contributed by atoms with Crippen LogP contribution < -0.4 is 19.7 Å². The van der Waals surface area contributed by atoms with Gasteiger partial charge in [-0.25, -0.2) is 4.98 Å². The molecule has 10 heteroatoms. The number of amides is 1. The van der Waals surface area contributed by atoms with Gasteiger partial charge in [0.2, 0.25) is 5.91 Å². The summed E-state index contributed by atoms with van der Waals surface area (Å²) in [5.41, 5.74) is 0.126. The molecule has 2 aromatic rings. The molecule has 0 radical (unpaired) electrons. The Labute approximate surface area is 185 Å². The first kappa shape index (κ1) is 23.6. The Hall–Kier alpha value is -3.01. The molecule has 1 N–H and O–H groups in total. The zero-order valence-electron chi connectivity index (χ0n) is 18.3. The molecular weight excluding hydrogens is 425 g/mol. The number of nitrogens with one attached hydrogen (secondary N) is 1. The largest absolute Gasteiger partial charge is 0.493 e. The molecule has 3 rings (SSSR count). The van der Waals surface area contributed by atoms with Gasteiger partial charge in [0.25, 0.3) is 0 Å². The summed E-state index contributed by atoms with van der Waals surface area (Å²) in [4.78, 5) is 20.6. The van der Waals surface area contributed by atoms with Crippen LogP contribution in [0.15, 0.2) is 36.5 Å². The summed E-state index contributed by atoms with van der Waals surface area (Å²) < 4.78 is 48.6. The van der Waals surface area contributed by atoms with E-state index in [1.807, 2.05) is 28.9 Å². The number of rotatable bonds is 7. The van der Waals surface area contributed by atoms with Gasteiger partial charge in [-0.3, -0.25) is 9.69 Å². The van der Waals surface area contributed by atoms with E-state index in [1.54, 1.807) is 20.3 Å². The van der Waals surface area contributed by atoms with E-state index in [2.05, 4.69) is 10.3 Å². The maximum absolute atomic E-state index is 12.7. The summed E-state index contributed by atoms with van der Waals surface area (Å²) in [6, 6.07) is 7.56. The fraction of sp³-hybridized carbons (Fsp3) is 0.455. The molecule has 0 spiro atoms. The van der Waals surface area contributed by atoms with Gasteiger partial charge in [0, 0.05) is 38.9 Å². The van der Waals surface area contributed by atoms with Crippen molar-refractivity contribution in [2.24, 2.45) is 0 Å². The molecule has 1 saturated heterocycles. The summed E-state index contributed by atoms with van der Waals surface area (Å²) in [5.74, 6) is 1.63. The number of anilines is 1. The smallest absolute Gasteiger partial charge is 0.417 e. The standard InChI is InChI=1S/C22H27F3N4O3/c1-15(21(30)27-13-16-4-6-18(31-2)19(12-16)32-3)28-8-10-29(11-9-28)20-7-5-17(14-26-20)22(23,24)25/h4-7,12,14-15H,8-11,13H2,1-3H3,(H,27,30). The number of carbonyl (C=O) groups excluding carboxylic acids is 1. The van der Waals surface area contributed by atoms with Gasteiger partial charge in [0.1, 0.15) is 5.82 Å². The number of ether oxygens (including phenoxy) is 2. The third kappa shape index (κ3) is 5.61. The van der Waals surface area contributed by atoms with Crippen molar-refractivity contribution < 1.29 is 27.4 Å². The highest BCUT2D eigenvalue weighted by atomic mass is 19.4. The highest BCUT2D eigenvalue weighted by Gasteiger charge is 2.31. The Balaban J connectivity index is 1.50. The molecule has 1 aliphatic rings. The van der Waals surface area contributed by atoms with Gasteiger partial charge in [0.15, 0.2) is 11.5 Å². The zero-order valence-corrected chi connectivity index (χ0v) is 18.3. The fourth-order valence-electron chi connectivity index (χ4n) is 3.57. The van der Waals surface area contributed by atoms with Crippen molar-refractivity contribution >= 4 is 11.7 Å². The van der Waals surface area contributed by atoms with Crippen molar-refractivity contribution in [3.05, 3.63) is 47.7 Å². The lowest BCUT2D eigenvalue weighted by Crippen LogP contribution is -2.54. The Morgan fingerprint density at radius 1 is 1.09 bits per heavy atom. The first-order valence-electron chi connectivity index (χ1n) is 10.2. The minimum Gasteiger partial charge on any atom is -0.493 e.